The summed E-state index contributed by atoms with van der Waals surface area (Å²) in [7, 11) is 0. The fourth-order valence-electron chi connectivity index (χ4n) is 2.49. The number of hydrogen-bond donors (Lipinski definition) is 1. The van der Waals surface area contributed by atoms with Crippen LogP contribution in [-0.4, -0.2) is 46.5 Å². The molecule has 1 fully saturated rings. The quantitative estimate of drug-likeness (QED) is 0.774. The summed E-state index contributed by atoms with van der Waals surface area (Å²) in [5, 5.41) is 2.96. The zero-order valence-corrected chi connectivity index (χ0v) is 16.8. The lowest BCUT2D eigenvalue weighted by Crippen LogP contribution is -2.52. The van der Waals surface area contributed by atoms with Gasteiger partial charge in [0.1, 0.15) is 11.8 Å². The maximum absolute atomic E-state index is 12.5. The minimum atomic E-state index is -0.416. The van der Waals surface area contributed by atoms with Gasteiger partial charge >= 0.3 is 0 Å². The molecular weight excluding hydrogens is 348 g/mol. The maximum atomic E-state index is 12.5. The van der Waals surface area contributed by atoms with Crippen LogP contribution in [0.4, 0.5) is 0 Å². The van der Waals surface area contributed by atoms with Crippen LogP contribution in [0.5, 0.6) is 5.75 Å². The van der Waals surface area contributed by atoms with E-state index in [0.717, 1.165) is 17.7 Å². The van der Waals surface area contributed by atoms with Gasteiger partial charge in [-0.25, -0.2) is 0 Å². The Kier molecular flexibility index (Phi) is 7.14. The molecule has 0 bridgehead atoms. The zero-order valence-electron chi connectivity index (χ0n) is 16.0. The van der Waals surface area contributed by atoms with Crippen molar-refractivity contribution < 1.29 is 14.3 Å². The number of ether oxygens (including phenoxy) is 1. The molecule has 5 nitrogen and oxygen atoms in total. The Hall–Kier alpha value is -1.95. The molecule has 26 heavy (non-hydrogen) atoms. The predicted octanol–water partition coefficient (Wildman–Crippen LogP) is 3.30. The van der Waals surface area contributed by atoms with Crippen LogP contribution in [0.25, 0.3) is 6.08 Å². The van der Waals surface area contributed by atoms with E-state index in [9.17, 15) is 9.59 Å². The van der Waals surface area contributed by atoms with E-state index < -0.39 is 6.04 Å². The van der Waals surface area contributed by atoms with Gasteiger partial charge in [-0.05, 0) is 51.0 Å². The van der Waals surface area contributed by atoms with Gasteiger partial charge in [-0.2, -0.15) is 0 Å². The van der Waals surface area contributed by atoms with Crippen LogP contribution in [0.1, 0.15) is 39.7 Å². The van der Waals surface area contributed by atoms with Gasteiger partial charge in [-0.15, -0.1) is 11.8 Å². The fraction of sp³-hybridized carbons (Fsp3) is 0.500. The molecule has 1 unspecified atom stereocenters. The molecule has 0 aromatic heterocycles. The highest BCUT2D eigenvalue weighted by Gasteiger charge is 2.34. The Morgan fingerprint density at radius 1 is 1.31 bits per heavy atom. The highest BCUT2D eigenvalue weighted by molar-refractivity contribution is 7.99. The Bertz CT molecular complexity index is 650. The van der Waals surface area contributed by atoms with Gasteiger partial charge in [0, 0.05) is 17.4 Å². The molecule has 1 atom stereocenters. The smallest absolute Gasteiger partial charge is 0.247 e. The second-order valence-corrected chi connectivity index (χ2v) is 8.31. The summed E-state index contributed by atoms with van der Waals surface area (Å²) in [6, 6.07) is 7.20. The summed E-state index contributed by atoms with van der Waals surface area (Å²) >= 11 is 1.60. The number of hydrogen-bond acceptors (Lipinski definition) is 4. The van der Waals surface area contributed by atoms with E-state index in [1.54, 1.807) is 22.7 Å². The van der Waals surface area contributed by atoms with Crippen molar-refractivity contribution in [2.75, 3.05) is 18.2 Å². The number of thioether (sulfide) groups is 1. The first-order valence-electron chi connectivity index (χ1n) is 8.91. The van der Waals surface area contributed by atoms with Crippen LogP contribution in [0.2, 0.25) is 0 Å². The lowest BCUT2D eigenvalue weighted by Gasteiger charge is -2.27. The minimum absolute atomic E-state index is 0.0957. The number of nitrogens with one attached hydrogen (secondary N) is 1. The molecule has 2 rings (SSSR count). The molecule has 0 aliphatic carbocycles. The molecular formula is C20H28N2O3S. The Balaban J connectivity index is 1.97. The second-order valence-electron chi connectivity index (χ2n) is 7.31. The van der Waals surface area contributed by atoms with Gasteiger partial charge in [0.25, 0.3) is 0 Å². The third-order valence-electron chi connectivity index (χ3n) is 3.74. The molecule has 1 aromatic carbocycles. The fourth-order valence-corrected chi connectivity index (χ4v) is 3.65. The van der Waals surface area contributed by atoms with Crippen molar-refractivity contribution >= 4 is 29.7 Å². The molecule has 1 saturated heterocycles. The van der Waals surface area contributed by atoms with Crippen LogP contribution in [0, 0.1) is 0 Å². The summed E-state index contributed by atoms with van der Waals surface area (Å²) < 4.78 is 5.55. The molecule has 1 aliphatic rings. The Labute approximate surface area is 160 Å². The van der Waals surface area contributed by atoms with Crippen LogP contribution in [0.3, 0.4) is 0 Å². The molecule has 0 saturated carbocycles. The molecule has 2 amide bonds. The molecule has 6 heteroatoms. The third kappa shape index (κ3) is 6.09. The van der Waals surface area contributed by atoms with E-state index in [1.165, 1.54) is 6.08 Å². The molecule has 0 spiro atoms. The van der Waals surface area contributed by atoms with Gasteiger partial charge in [-0.1, -0.05) is 19.1 Å². The third-order valence-corrected chi connectivity index (χ3v) is 4.75. The number of carbonyl (C=O) groups is 2. The summed E-state index contributed by atoms with van der Waals surface area (Å²) in [6.07, 6.45) is 4.27. The first-order valence-corrected chi connectivity index (χ1v) is 10.1. The van der Waals surface area contributed by atoms with Gasteiger partial charge in [0.05, 0.1) is 12.5 Å². The van der Waals surface area contributed by atoms with Crippen molar-refractivity contribution in [2.24, 2.45) is 0 Å². The lowest BCUT2D eigenvalue weighted by atomic mass is 10.1. The zero-order chi connectivity index (χ0) is 19.2. The largest absolute Gasteiger partial charge is 0.494 e. The Morgan fingerprint density at radius 2 is 2.00 bits per heavy atom. The van der Waals surface area contributed by atoms with Crippen LogP contribution in [-0.2, 0) is 9.59 Å². The summed E-state index contributed by atoms with van der Waals surface area (Å²) in [6.45, 7) is 8.57. The maximum Gasteiger partial charge on any atom is 0.247 e. The van der Waals surface area contributed by atoms with Crippen molar-refractivity contribution in [3.63, 3.8) is 0 Å². The molecule has 0 radical (unpaired) electrons. The minimum Gasteiger partial charge on any atom is -0.494 e. The lowest BCUT2D eigenvalue weighted by molar-refractivity contribution is -0.135. The molecule has 142 valence electrons. The SMILES string of the molecule is CCCOc1ccc(/C=C/C(=O)N2CSCC2C(=O)NC(C)(C)C)cc1. The average Bonchev–Trinajstić information content (AvgIpc) is 3.07. The normalized spacial score (nSPS) is 17.5. The van der Waals surface area contributed by atoms with E-state index in [-0.39, 0.29) is 17.4 Å². The highest BCUT2D eigenvalue weighted by atomic mass is 32.2. The van der Waals surface area contributed by atoms with E-state index in [1.807, 2.05) is 45.0 Å². The van der Waals surface area contributed by atoms with Crippen LogP contribution in [0.15, 0.2) is 30.3 Å². The highest BCUT2D eigenvalue weighted by Crippen LogP contribution is 2.22. The Morgan fingerprint density at radius 3 is 2.62 bits per heavy atom. The van der Waals surface area contributed by atoms with Crippen molar-refractivity contribution in [3.8, 4) is 5.75 Å². The second kappa shape index (κ2) is 9.12. The van der Waals surface area contributed by atoms with E-state index >= 15 is 0 Å². The number of benzene rings is 1. The molecule has 1 N–H and O–H groups in total. The monoisotopic (exact) mass is 376 g/mol. The number of carbonyl (C=O) groups excluding carboxylic acids is 2. The van der Waals surface area contributed by atoms with E-state index in [4.69, 9.17) is 4.74 Å². The van der Waals surface area contributed by atoms with E-state index in [2.05, 4.69) is 12.2 Å². The first kappa shape index (κ1) is 20.4. The number of rotatable bonds is 6. The van der Waals surface area contributed by atoms with Gasteiger partial charge in [0.2, 0.25) is 11.8 Å². The number of nitrogens with zero attached hydrogens (tertiary/aromatic N) is 1. The van der Waals surface area contributed by atoms with Gasteiger partial charge in [-0.3, -0.25) is 9.59 Å². The average molecular weight is 377 g/mol. The van der Waals surface area contributed by atoms with Crippen LogP contribution >= 0.6 is 11.8 Å². The van der Waals surface area contributed by atoms with Gasteiger partial charge < -0.3 is 15.0 Å². The molecule has 1 heterocycles. The van der Waals surface area contributed by atoms with Crippen LogP contribution < -0.4 is 10.1 Å². The van der Waals surface area contributed by atoms with Crippen molar-refractivity contribution in [2.45, 2.75) is 45.7 Å². The standard InChI is InChI=1S/C20H28N2O3S/c1-5-12-25-16-9-6-15(7-10-16)8-11-18(23)22-14-26-13-17(22)19(24)21-20(2,3)4/h6-11,17H,5,12-14H2,1-4H3,(H,21,24)/b11-8+. The predicted molar refractivity (Wildman–Crippen MR) is 107 cm³/mol. The first-order chi connectivity index (χ1) is 12.3. The van der Waals surface area contributed by atoms with Crippen molar-refractivity contribution in [1.29, 1.82) is 0 Å². The summed E-state index contributed by atoms with van der Waals surface area (Å²) in [5.74, 6) is 1.75. The number of amides is 2. The van der Waals surface area contributed by atoms with E-state index in [0.29, 0.717) is 18.2 Å². The topological polar surface area (TPSA) is 58.6 Å². The van der Waals surface area contributed by atoms with Gasteiger partial charge in [0.15, 0.2) is 0 Å². The molecule has 1 aromatic rings. The molecule has 1 aliphatic heterocycles. The summed E-state index contributed by atoms with van der Waals surface area (Å²) in [4.78, 5) is 26.6. The summed E-state index contributed by atoms with van der Waals surface area (Å²) in [5.41, 5.74) is 0.612. The van der Waals surface area contributed by atoms with Crippen molar-refractivity contribution in [1.82, 2.24) is 10.2 Å². The van der Waals surface area contributed by atoms with Crippen molar-refractivity contribution in [3.05, 3.63) is 35.9 Å².